The van der Waals surface area contributed by atoms with E-state index in [4.69, 9.17) is 11.6 Å². The summed E-state index contributed by atoms with van der Waals surface area (Å²) in [6.45, 7) is 5.47. The number of phenolic OH excluding ortho intramolecular Hbond substituents is 2. The lowest BCUT2D eigenvalue weighted by molar-refractivity contribution is 0.293. The van der Waals surface area contributed by atoms with Crippen molar-refractivity contribution < 1.29 is 10.2 Å². The second-order valence-electron chi connectivity index (χ2n) is 5.23. The summed E-state index contributed by atoms with van der Waals surface area (Å²) in [5, 5.41) is 21.1. The van der Waals surface area contributed by atoms with Crippen LogP contribution in [0.25, 0.3) is 10.8 Å². The number of benzene rings is 1. The third kappa shape index (κ3) is 1.96. The van der Waals surface area contributed by atoms with E-state index < -0.39 is 28.2 Å². The van der Waals surface area contributed by atoms with E-state index in [9.17, 15) is 19.8 Å². The fraction of sp³-hybridized carbons (Fsp3) is 0.385. The predicted molar refractivity (Wildman–Crippen MR) is 76.8 cm³/mol. The number of aromatic amines is 1. The van der Waals surface area contributed by atoms with Crippen molar-refractivity contribution in [3.8, 4) is 11.5 Å². The van der Waals surface area contributed by atoms with Gasteiger partial charge in [-0.15, -0.1) is 0 Å². The Morgan fingerprint density at radius 3 is 2.50 bits per heavy atom. The maximum atomic E-state index is 12.5. The summed E-state index contributed by atoms with van der Waals surface area (Å²) >= 11 is 5.90. The first-order valence-corrected chi connectivity index (χ1v) is 6.48. The second kappa shape index (κ2) is 4.56. The first kappa shape index (κ1) is 14.5. The summed E-state index contributed by atoms with van der Waals surface area (Å²) < 4.78 is 1.19. The average Bonchev–Trinajstić information content (AvgIpc) is 2.39. The number of hydrogen-bond acceptors (Lipinski definition) is 4. The zero-order chi connectivity index (χ0) is 15.2. The Balaban J connectivity index is 3.05. The molecule has 0 fully saturated rings. The van der Waals surface area contributed by atoms with Crippen LogP contribution in [0, 0.1) is 0 Å². The molecule has 6 nitrogen and oxygen atoms in total. The number of halogens is 1. The molecule has 7 heteroatoms. The van der Waals surface area contributed by atoms with Gasteiger partial charge in [-0.3, -0.25) is 14.7 Å². The molecule has 2 rings (SSSR count). The minimum absolute atomic E-state index is 0.0570. The molecule has 0 bridgehead atoms. The van der Waals surface area contributed by atoms with E-state index in [2.05, 4.69) is 5.10 Å². The van der Waals surface area contributed by atoms with Gasteiger partial charge < -0.3 is 10.2 Å². The van der Waals surface area contributed by atoms with Gasteiger partial charge in [0.15, 0.2) is 11.5 Å². The van der Waals surface area contributed by atoms with Crippen LogP contribution < -0.4 is 11.1 Å². The summed E-state index contributed by atoms with van der Waals surface area (Å²) in [6.07, 6.45) is 0.607. The lowest BCUT2D eigenvalue weighted by Gasteiger charge is -2.25. The molecule has 0 saturated carbocycles. The molecule has 1 aromatic carbocycles. The number of fused-ring (bicyclic) bond motifs is 1. The van der Waals surface area contributed by atoms with Crippen LogP contribution in [0.15, 0.2) is 15.7 Å². The number of H-pyrrole nitrogens is 1. The summed E-state index contributed by atoms with van der Waals surface area (Å²) in [6, 6.07) is 1.03. The van der Waals surface area contributed by atoms with Crippen LogP contribution in [-0.2, 0) is 5.54 Å². The molecule has 1 aromatic heterocycles. The average molecular weight is 299 g/mol. The molecule has 108 valence electrons. The van der Waals surface area contributed by atoms with Gasteiger partial charge in [0.25, 0.3) is 11.1 Å². The van der Waals surface area contributed by atoms with Gasteiger partial charge in [0, 0.05) is 0 Å². The quantitative estimate of drug-likeness (QED) is 0.738. The monoisotopic (exact) mass is 298 g/mol. The van der Waals surface area contributed by atoms with Crippen LogP contribution in [0.5, 0.6) is 11.5 Å². The van der Waals surface area contributed by atoms with Gasteiger partial charge in [-0.25, -0.2) is 4.68 Å². The largest absolute Gasteiger partial charge is 0.504 e. The molecule has 0 amide bonds. The van der Waals surface area contributed by atoms with Gasteiger partial charge in [0.1, 0.15) is 0 Å². The van der Waals surface area contributed by atoms with Crippen LogP contribution in [0.3, 0.4) is 0 Å². The molecule has 0 aliphatic rings. The van der Waals surface area contributed by atoms with Gasteiger partial charge in [0.05, 0.1) is 21.3 Å². The molecule has 2 aromatic rings. The van der Waals surface area contributed by atoms with E-state index in [1.165, 1.54) is 4.68 Å². The van der Waals surface area contributed by atoms with Crippen molar-refractivity contribution in [2.75, 3.05) is 0 Å². The first-order valence-electron chi connectivity index (χ1n) is 6.10. The summed E-state index contributed by atoms with van der Waals surface area (Å²) in [5.74, 6) is -1.15. The molecule has 0 aliphatic carbocycles. The third-order valence-corrected chi connectivity index (χ3v) is 3.93. The van der Waals surface area contributed by atoms with E-state index in [1.54, 1.807) is 13.8 Å². The minimum atomic E-state index is -0.610. The van der Waals surface area contributed by atoms with E-state index in [0.717, 1.165) is 6.07 Å². The summed E-state index contributed by atoms with van der Waals surface area (Å²) in [7, 11) is 0. The lowest BCUT2D eigenvalue weighted by atomic mass is 10.0. The Morgan fingerprint density at radius 2 is 1.95 bits per heavy atom. The standard InChI is InChI=1S/C13H15ClN2O4/c1-4-13(2,3)16-12(20)8-6(11(19)15-16)5-7(17)10(18)9(8)14/h5,17-18H,4H2,1-3H3,(H,15,19). The molecular formula is C13H15ClN2O4. The molecule has 0 spiro atoms. The van der Waals surface area contributed by atoms with Crippen LogP contribution in [-0.4, -0.2) is 20.0 Å². The maximum absolute atomic E-state index is 12.5. The van der Waals surface area contributed by atoms with Crippen molar-refractivity contribution in [2.45, 2.75) is 32.7 Å². The Kier molecular flexibility index (Phi) is 3.29. The number of aromatic hydroxyl groups is 2. The number of nitrogens with one attached hydrogen (secondary N) is 1. The second-order valence-corrected chi connectivity index (χ2v) is 5.61. The predicted octanol–water partition coefficient (Wildman–Crippen LogP) is 1.90. The van der Waals surface area contributed by atoms with Crippen molar-refractivity contribution in [2.24, 2.45) is 0 Å². The van der Waals surface area contributed by atoms with Crippen molar-refractivity contribution in [1.29, 1.82) is 0 Å². The maximum Gasteiger partial charge on any atom is 0.275 e. The molecular weight excluding hydrogens is 284 g/mol. The summed E-state index contributed by atoms with van der Waals surface area (Å²) in [5.41, 5.74) is -1.69. The molecule has 0 radical (unpaired) electrons. The van der Waals surface area contributed by atoms with Gasteiger partial charge in [-0.1, -0.05) is 18.5 Å². The van der Waals surface area contributed by atoms with Gasteiger partial charge in [0.2, 0.25) is 0 Å². The first-order chi connectivity index (χ1) is 9.20. The molecule has 0 unspecified atom stereocenters. The van der Waals surface area contributed by atoms with Crippen molar-refractivity contribution in [3.05, 3.63) is 31.8 Å². The fourth-order valence-electron chi connectivity index (χ4n) is 1.92. The molecule has 0 aliphatic heterocycles. The highest BCUT2D eigenvalue weighted by Crippen LogP contribution is 2.37. The molecule has 0 atom stereocenters. The number of rotatable bonds is 2. The smallest absolute Gasteiger partial charge is 0.275 e. The van der Waals surface area contributed by atoms with Crippen molar-refractivity contribution in [1.82, 2.24) is 9.78 Å². The highest BCUT2D eigenvalue weighted by molar-refractivity contribution is 6.37. The zero-order valence-corrected chi connectivity index (χ0v) is 12.1. The van der Waals surface area contributed by atoms with E-state index in [-0.39, 0.29) is 15.8 Å². The Morgan fingerprint density at radius 1 is 1.35 bits per heavy atom. The Bertz CT molecular complexity index is 805. The van der Waals surface area contributed by atoms with E-state index >= 15 is 0 Å². The van der Waals surface area contributed by atoms with Crippen molar-refractivity contribution >= 4 is 22.4 Å². The highest BCUT2D eigenvalue weighted by Gasteiger charge is 2.24. The number of hydrogen-bond donors (Lipinski definition) is 3. The topological polar surface area (TPSA) is 95.3 Å². The van der Waals surface area contributed by atoms with Crippen LogP contribution >= 0.6 is 11.6 Å². The van der Waals surface area contributed by atoms with Gasteiger partial charge in [-0.2, -0.15) is 0 Å². The molecule has 3 N–H and O–H groups in total. The van der Waals surface area contributed by atoms with Gasteiger partial charge >= 0.3 is 0 Å². The molecule has 20 heavy (non-hydrogen) atoms. The van der Waals surface area contributed by atoms with E-state index in [0.29, 0.717) is 6.42 Å². The van der Waals surface area contributed by atoms with E-state index in [1.807, 2.05) is 6.92 Å². The number of phenols is 2. The SMILES string of the molecule is CCC(C)(C)n1[nH]c(=O)c2cc(O)c(O)c(Cl)c2c1=O. The lowest BCUT2D eigenvalue weighted by Crippen LogP contribution is -2.41. The molecule has 0 saturated heterocycles. The Labute approximate surface area is 119 Å². The fourth-order valence-corrected chi connectivity index (χ4v) is 2.20. The van der Waals surface area contributed by atoms with Crippen molar-refractivity contribution in [3.63, 3.8) is 0 Å². The normalized spacial score (nSPS) is 12.0. The van der Waals surface area contributed by atoms with Crippen LogP contribution in [0.1, 0.15) is 27.2 Å². The third-order valence-electron chi connectivity index (χ3n) is 3.57. The summed E-state index contributed by atoms with van der Waals surface area (Å²) in [4.78, 5) is 24.5. The highest BCUT2D eigenvalue weighted by atomic mass is 35.5. The van der Waals surface area contributed by atoms with Gasteiger partial charge in [-0.05, 0) is 26.3 Å². The molecule has 1 heterocycles. The minimum Gasteiger partial charge on any atom is -0.504 e. The number of nitrogens with zero attached hydrogens (tertiary/aromatic N) is 1. The number of aromatic nitrogens is 2. The Hall–Kier alpha value is -1.95. The van der Waals surface area contributed by atoms with Crippen LogP contribution in [0.2, 0.25) is 5.02 Å². The zero-order valence-electron chi connectivity index (χ0n) is 11.3. The van der Waals surface area contributed by atoms with Crippen LogP contribution in [0.4, 0.5) is 0 Å².